The molecular formula is C15H20N2O4. The normalized spacial score (nSPS) is 17.2. The first-order valence-corrected chi connectivity index (χ1v) is 7.07. The molecule has 0 aliphatic carbocycles. The van der Waals surface area contributed by atoms with E-state index in [0.717, 1.165) is 5.56 Å². The number of hydrogen-bond acceptors (Lipinski definition) is 3. The van der Waals surface area contributed by atoms with E-state index in [1.807, 2.05) is 12.1 Å². The highest BCUT2D eigenvalue weighted by molar-refractivity contribution is 5.84. The molecule has 1 unspecified atom stereocenters. The monoisotopic (exact) mass is 292 g/mol. The number of hydrogen-bond donors (Lipinski definition) is 2. The van der Waals surface area contributed by atoms with Gasteiger partial charge in [0.25, 0.3) is 0 Å². The van der Waals surface area contributed by atoms with Crippen LogP contribution in [0, 0.1) is 0 Å². The van der Waals surface area contributed by atoms with E-state index in [2.05, 4.69) is 0 Å². The minimum absolute atomic E-state index is 0.137. The van der Waals surface area contributed by atoms with Gasteiger partial charge in [0.2, 0.25) is 0 Å². The van der Waals surface area contributed by atoms with E-state index in [-0.39, 0.29) is 19.2 Å². The Bertz CT molecular complexity index is 532. The van der Waals surface area contributed by atoms with Gasteiger partial charge in [-0.1, -0.05) is 24.3 Å². The maximum atomic E-state index is 12.5. The molecule has 6 heteroatoms. The molecule has 0 bridgehead atoms. The first-order chi connectivity index (χ1) is 10.1. The fraction of sp³-hybridized carbons (Fsp3) is 0.467. The molecule has 1 aliphatic heterocycles. The third-order valence-corrected chi connectivity index (χ3v) is 3.79. The molecule has 0 aromatic heterocycles. The Morgan fingerprint density at radius 3 is 2.71 bits per heavy atom. The summed E-state index contributed by atoms with van der Waals surface area (Å²) in [6, 6.07) is 6.02. The smallest absolute Gasteiger partial charge is 0.331 e. The molecule has 0 saturated carbocycles. The van der Waals surface area contributed by atoms with Crippen LogP contribution in [-0.2, 0) is 11.2 Å². The summed E-state index contributed by atoms with van der Waals surface area (Å²) >= 11 is 0. The van der Waals surface area contributed by atoms with Gasteiger partial charge < -0.3 is 20.0 Å². The van der Waals surface area contributed by atoms with Crippen LogP contribution in [0.1, 0.15) is 24.1 Å². The molecule has 114 valence electrons. The number of aliphatic carboxylic acids is 1. The Morgan fingerprint density at radius 2 is 2.10 bits per heavy atom. The van der Waals surface area contributed by atoms with Crippen LogP contribution in [0.15, 0.2) is 24.3 Å². The fourth-order valence-corrected chi connectivity index (χ4v) is 2.73. The first kappa shape index (κ1) is 15.3. The molecule has 0 spiro atoms. The molecule has 2 rings (SSSR count). The van der Waals surface area contributed by atoms with Gasteiger partial charge in [-0.15, -0.1) is 0 Å². The summed E-state index contributed by atoms with van der Waals surface area (Å²) in [6.45, 7) is 2.68. The summed E-state index contributed by atoms with van der Waals surface area (Å²) in [5.41, 5.74) is 1.64. The van der Waals surface area contributed by atoms with Gasteiger partial charge in [-0.25, -0.2) is 9.59 Å². The van der Waals surface area contributed by atoms with Crippen molar-refractivity contribution in [2.75, 3.05) is 26.2 Å². The lowest BCUT2D eigenvalue weighted by atomic mass is 9.93. The number of amides is 2. The van der Waals surface area contributed by atoms with Crippen LogP contribution in [0.25, 0.3) is 0 Å². The van der Waals surface area contributed by atoms with E-state index in [0.29, 0.717) is 25.1 Å². The van der Waals surface area contributed by atoms with Crippen molar-refractivity contribution in [2.45, 2.75) is 19.4 Å². The van der Waals surface area contributed by atoms with Crippen LogP contribution >= 0.6 is 0 Å². The SMILES string of the molecule is CCN(CCO)C(=O)N1CCc2ccccc2C1C(=O)O. The Labute approximate surface area is 123 Å². The number of carboxylic acid groups (broad SMARTS) is 1. The number of carbonyl (C=O) groups excluding carboxylic acids is 1. The Morgan fingerprint density at radius 1 is 1.38 bits per heavy atom. The quantitative estimate of drug-likeness (QED) is 0.871. The molecule has 2 amide bonds. The predicted molar refractivity (Wildman–Crippen MR) is 77.0 cm³/mol. The van der Waals surface area contributed by atoms with Crippen LogP contribution in [-0.4, -0.2) is 58.3 Å². The lowest BCUT2D eigenvalue weighted by Gasteiger charge is -2.37. The largest absolute Gasteiger partial charge is 0.479 e. The number of likely N-dealkylation sites (N-methyl/N-ethyl adjacent to an activating group) is 1. The molecule has 21 heavy (non-hydrogen) atoms. The van der Waals surface area contributed by atoms with Crippen LogP contribution in [0.4, 0.5) is 4.79 Å². The molecule has 0 fully saturated rings. The second-order valence-electron chi connectivity index (χ2n) is 4.97. The summed E-state index contributed by atoms with van der Waals surface area (Å²) in [5, 5.41) is 18.5. The zero-order valence-electron chi connectivity index (χ0n) is 12.0. The van der Waals surface area contributed by atoms with Crippen molar-refractivity contribution in [1.29, 1.82) is 0 Å². The van der Waals surface area contributed by atoms with Gasteiger partial charge in [0, 0.05) is 19.6 Å². The first-order valence-electron chi connectivity index (χ1n) is 7.07. The topological polar surface area (TPSA) is 81.1 Å². The minimum atomic E-state index is -1.03. The van der Waals surface area contributed by atoms with Gasteiger partial charge in [-0.05, 0) is 24.5 Å². The molecule has 1 aromatic carbocycles. The van der Waals surface area contributed by atoms with E-state index < -0.39 is 12.0 Å². The van der Waals surface area contributed by atoms with Crippen molar-refractivity contribution < 1.29 is 19.8 Å². The minimum Gasteiger partial charge on any atom is -0.479 e. The third kappa shape index (κ3) is 3.00. The Hall–Kier alpha value is -2.08. The number of urea groups is 1. The summed E-state index contributed by atoms with van der Waals surface area (Å²) in [4.78, 5) is 27.0. The number of aliphatic hydroxyl groups is 1. The zero-order valence-corrected chi connectivity index (χ0v) is 12.0. The highest BCUT2D eigenvalue weighted by atomic mass is 16.4. The van der Waals surface area contributed by atoms with Crippen molar-refractivity contribution >= 4 is 12.0 Å². The molecule has 0 radical (unpaired) electrons. The molecule has 1 heterocycles. The van der Waals surface area contributed by atoms with Crippen LogP contribution in [0.3, 0.4) is 0 Å². The maximum absolute atomic E-state index is 12.5. The average molecular weight is 292 g/mol. The van der Waals surface area contributed by atoms with E-state index in [1.54, 1.807) is 19.1 Å². The van der Waals surface area contributed by atoms with Crippen molar-refractivity contribution in [3.05, 3.63) is 35.4 Å². The number of aliphatic hydroxyl groups excluding tert-OH is 1. The second-order valence-corrected chi connectivity index (χ2v) is 4.97. The van der Waals surface area contributed by atoms with Gasteiger partial charge in [0.05, 0.1) is 6.61 Å². The summed E-state index contributed by atoms with van der Waals surface area (Å²) < 4.78 is 0. The number of benzene rings is 1. The zero-order chi connectivity index (χ0) is 15.4. The fourth-order valence-electron chi connectivity index (χ4n) is 2.73. The molecular weight excluding hydrogens is 272 g/mol. The number of rotatable bonds is 4. The lowest BCUT2D eigenvalue weighted by Crippen LogP contribution is -2.50. The number of carbonyl (C=O) groups is 2. The van der Waals surface area contributed by atoms with Crippen molar-refractivity contribution in [2.24, 2.45) is 0 Å². The highest BCUT2D eigenvalue weighted by Crippen LogP contribution is 2.30. The van der Waals surface area contributed by atoms with Gasteiger partial charge >= 0.3 is 12.0 Å². The van der Waals surface area contributed by atoms with Crippen molar-refractivity contribution in [1.82, 2.24) is 9.80 Å². The standard InChI is InChI=1S/C15H20N2O4/c1-2-16(9-10-18)15(21)17-8-7-11-5-3-4-6-12(11)13(17)14(19)20/h3-6,13,18H,2,7-10H2,1H3,(H,19,20). The number of carboxylic acids is 1. The van der Waals surface area contributed by atoms with Crippen LogP contribution in [0.2, 0.25) is 0 Å². The van der Waals surface area contributed by atoms with Gasteiger partial charge in [-0.3, -0.25) is 0 Å². The summed E-state index contributed by atoms with van der Waals surface area (Å²) in [5.74, 6) is -1.03. The number of fused-ring (bicyclic) bond motifs is 1. The molecule has 6 nitrogen and oxygen atoms in total. The molecule has 1 aromatic rings. The lowest BCUT2D eigenvalue weighted by molar-refractivity contribution is -0.143. The Balaban J connectivity index is 2.32. The summed E-state index contributed by atoms with van der Waals surface area (Å²) in [7, 11) is 0. The average Bonchev–Trinajstić information content (AvgIpc) is 2.50. The van der Waals surface area contributed by atoms with Gasteiger partial charge in [0.15, 0.2) is 6.04 Å². The van der Waals surface area contributed by atoms with E-state index in [9.17, 15) is 14.7 Å². The molecule has 2 N–H and O–H groups in total. The molecule has 1 atom stereocenters. The predicted octanol–water partition coefficient (Wildman–Crippen LogP) is 1.10. The van der Waals surface area contributed by atoms with Crippen LogP contribution in [0.5, 0.6) is 0 Å². The van der Waals surface area contributed by atoms with E-state index in [4.69, 9.17) is 5.11 Å². The van der Waals surface area contributed by atoms with Crippen molar-refractivity contribution in [3.63, 3.8) is 0 Å². The molecule has 0 saturated heterocycles. The second kappa shape index (κ2) is 6.58. The third-order valence-electron chi connectivity index (χ3n) is 3.79. The molecule has 1 aliphatic rings. The summed E-state index contributed by atoms with van der Waals surface area (Å²) in [6.07, 6.45) is 0.641. The van der Waals surface area contributed by atoms with Crippen LogP contribution < -0.4 is 0 Å². The van der Waals surface area contributed by atoms with Gasteiger partial charge in [0.1, 0.15) is 0 Å². The van der Waals surface area contributed by atoms with E-state index >= 15 is 0 Å². The van der Waals surface area contributed by atoms with E-state index in [1.165, 1.54) is 9.80 Å². The Kier molecular flexibility index (Phi) is 4.80. The van der Waals surface area contributed by atoms with Crippen molar-refractivity contribution in [3.8, 4) is 0 Å². The highest BCUT2D eigenvalue weighted by Gasteiger charge is 2.37. The maximum Gasteiger partial charge on any atom is 0.331 e. The number of nitrogens with zero attached hydrogens (tertiary/aromatic N) is 2. The van der Waals surface area contributed by atoms with Gasteiger partial charge in [-0.2, -0.15) is 0 Å².